The zero-order valence-electron chi connectivity index (χ0n) is 20.9. The van der Waals surface area contributed by atoms with Crippen LogP contribution in [0.1, 0.15) is 47.1 Å². The molecule has 0 bridgehead atoms. The van der Waals surface area contributed by atoms with Gasteiger partial charge < -0.3 is 18.5 Å². The second-order valence-electron chi connectivity index (χ2n) is 8.68. The fraction of sp³-hybridized carbons (Fsp3) is 0.214. The number of hydrogen-bond donors (Lipinski definition) is 1. The van der Waals surface area contributed by atoms with Gasteiger partial charge in [-0.1, -0.05) is 0 Å². The maximum absolute atomic E-state index is 12.4. The molecular formula is C28H27Br2N3O4. The number of furan rings is 1. The van der Waals surface area contributed by atoms with Gasteiger partial charge in [-0.3, -0.25) is 4.79 Å². The fourth-order valence-electron chi connectivity index (χ4n) is 3.72. The van der Waals surface area contributed by atoms with Crippen LogP contribution in [0.4, 0.5) is 0 Å². The van der Waals surface area contributed by atoms with Crippen molar-refractivity contribution in [2.45, 2.75) is 40.4 Å². The summed E-state index contributed by atoms with van der Waals surface area (Å²) >= 11 is 7.01. The number of carbonyl (C=O) groups excluding carboxylic acids is 1. The molecule has 2 heterocycles. The molecule has 0 saturated heterocycles. The largest absolute Gasteiger partial charge is 0.489 e. The van der Waals surface area contributed by atoms with Crippen LogP contribution in [0.2, 0.25) is 0 Å². The van der Waals surface area contributed by atoms with Crippen molar-refractivity contribution in [2.24, 2.45) is 5.10 Å². The van der Waals surface area contributed by atoms with Gasteiger partial charge in [-0.05, 0) is 126 Å². The predicted molar refractivity (Wildman–Crippen MR) is 151 cm³/mol. The van der Waals surface area contributed by atoms with Crippen LogP contribution < -0.4 is 14.9 Å². The topological polar surface area (TPSA) is 78.0 Å². The normalized spacial score (nSPS) is 11.3. The number of halogens is 2. The number of amides is 1. The maximum atomic E-state index is 12.4. The molecule has 2 aromatic carbocycles. The second kappa shape index (κ2) is 11.8. The van der Waals surface area contributed by atoms with Gasteiger partial charge in [0.15, 0.2) is 5.76 Å². The monoisotopic (exact) mass is 627 g/mol. The second-order valence-corrected chi connectivity index (χ2v) is 10.4. The van der Waals surface area contributed by atoms with Crippen molar-refractivity contribution in [1.82, 2.24) is 9.99 Å². The molecule has 0 aliphatic carbocycles. The minimum absolute atomic E-state index is 0.0410. The number of carbonyl (C=O) groups is 1. The van der Waals surface area contributed by atoms with Crippen molar-refractivity contribution in [3.8, 4) is 17.2 Å². The van der Waals surface area contributed by atoms with Crippen LogP contribution in [0, 0.1) is 13.8 Å². The van der Waals surface area contributed by atoms with Crippen LogP contribution in [-0.2, 0) is 6.61 Å². The van der Waals surface area contributed by atoms with E-state index < -0.39 is 5.91 Å². The van der Waals surface area contributed by atoms with E-state index in [2.05, 4.69) is 72.9 Å². The number of aryl methyl sites for hydroxylation is 2. The standard InChI is InChI=1S/C28H27Br2N3O4/c1-17(2)36-27-24(29)13-20(14-25(27)30)15-31-32-28(34)26-12-11-23(37-26)16-35-22-9-7-21(8-10-22)33-18(3)5-6-19(33)4/h5-15,17H,16H2,1-4H3,(H,32,34)/b31-15+. The molecule has 4 aromatic rings. The summed E-state index contributed by atoms with van der Waals surface area (Å²) in [4.78, 5) is 12.4. The molecule has 7 nitrogen and oxygen atoms in total. The number of hydrazone groups is 1. The molecule has 37 heavy (non-hydrogen) atoms. The first kappa shape index (κ1) is 26.8. The molecule has 0 saturated carbocycles. The third-order valence-corrected chi connectivity index (χ3v) is 6.56. The molecule has 0 atom stereocenters. The zero-order valence-corrected chi connectivity index (χ0v) is 24.1. The lowest BCUT2D eigenvalue weighted by Crippen LogP contribution is -2.16. The average Bonchev–Trinajstić information content (AvgIpc) is 3.46. The Bertz CT molecular complexity index is 1380. The van der Waals surface area contributed by atoms with Crippen molar-refractivity contribution in [3.05, 3.63) is 98.1 Å². The Hall–Kier alpha value is -3.30. The molecule has 0 fully saturated rings. The number of benzene rings is 2. The van der Waals surface area contributed by atoms with Crippen LogP contribution >= 0.6 is 31.9 Å². The Labute approximate surface area is 232 Å². The first-order valence-electron chi connectivity index (χ1n) is 11.7. The summed E-state index contributed by atoms with van der Waals surface area (Å²) in [5.74, 6) is 1.64. The maximum Gasteiger partial charge on any atom is 0.307 e. The van der Waals surface area contributed by atoms with E-state index in [0.717, 1.165) is 20.2 Å². The molecule has 0 spiro atoms. The van der Waals surface area contributed by atoms with Crippen molar-refractivity contribution in [2.75, 3.05) is 0 Å². The average molecular weight is 629 g/mol. The molecule has 1 N–H and O–H groups in total. The number of hydrogen-bond acceptors (Lipinski definition) is 5. The van der Waals surface area contributed by atoms with E-state index in [4.69, 9.17) is 13.9 Å². The quantitative estimate of drug-likeness (QED) is 0.155. The van der Waals surface area contributed by atoms with Gasteiger partial charge in [0.25, 0.3) is 0 Å². The van der Waals surface area contributed by atoms with E-state index in [0.29, 0.717) is 17.3 Å². The minimum Gasteiger partial charge on any atom is -0.489 e. The summed E-state index contributed by atoms with van der Waals surface area (Å²) in [6.45, 7) is 8.27. The van der Waals surface area contributed by atoms with E-state index in [1.807, 2.05) is 50.2 Å². The summed E-state index contributed by atoms with van der Waals surface area (Å²) in [6, 6.07) is 19.0. The zero-order chi connectivity index (χ0) is 26.5. The van der Waals surface area contributed by atoms with Crippen LogP contribution in [0.25, 0.3) is 5.69 Å². The van der Waals surface area contributed by atoms with E-state index in [1.165, 1.54) is 11.4 Å². The number of aromatic nitrogens is 1. The summed E-state index contributed by atoms with van der Waals surface area (Å²) in [7, 11) is 0. The van der Waals surface area contributed by atoms with Gasteiger partial charge in [-0.2, -0.15) is 5.10 Å². The van der Waals surface area contributed by atoms with Crippen molar-refractivity contribution in [1.29, 1.82) is 0 Å². The number of nitrogens with one attached hydrogen (secondary N) is 1. The Kier molecular flexibility index (Phi) is 8.56. The summed E-state index contributed by atoms with van der Waals surface area (Å²) in [5.41, 5.74) is 6.67. The predicted octanol–water partition coefficient (Wildman–Crippen LogP) is 7.34. The third-order valence-electron chi connectivity index (χ3n) is 5.39. The summed E-state index contributed by atoms with van der Waals surface area (Å²) in [6.07, 6.45) is 1.58. The minimum atomic E-state index is -0.456. The lowest BCUT2D eigenvalue weighted by atomic mass is 10.2. The lowest BCUT2D eigenvalue weighted by molar-refractivity contribution is 0.0923. The van der Waals surface area contributed by atoms with Crippen molar-refractivity contribution < 1.29 is 18.7 Å². The molecule has 4 rings (SSSR count). The van der Waals surface area contributed by atoms with Gasteiger partial charge in [0.1, 0.15) is 23.9 Å². The Morgan fingerprint density at radius 2 is 1.68 bits per heavy atom. The molecular weight excluding hydrogens is 602 g/mol. The molecule has 9 heteroatoms. The van der Waals surface area contributed by atoms with Crippen LogP contribution in [0.15, 0.2) is 79.1 Å². The van der Waals surface area contributed by atoms with E-state index in [1.54, 1.807) is 18.3 Å². The van der Waals surface area contributed by atoms with Crippen LogP contribution in [0.5, 0.6) is 11.5 Å². The number of nitrogens with zero attached hydrogens (tertiary/aromatic N) is 2. The first-order chi connectivity index (χ1) is 17.7. The highest BCUT2D eigenvalue weighted by Gasteiger charge is 2.12. The summed E-state index contributed by atoms with van der Waals surface area (Å²) in [5, 5.41) is 4.03. The van der Waals surface area contributed by atoms with Gasteiger partial charge in [0, 0.05) is 17.1 Å². The van der Waals surface area contributed by atoms with E-state index >= 15 is 0 Å². The third kappa shape index (κ3) is 6.72. The smallest absolute Gasteiger partial charge is 0.307 e. The Morgan fingerprint density at radius 3 is 2.30 bits per heavy atom. The van der Waals surface area contributed by atoms with Gasteiger partial charge in [-0.15, -0.1) is 0 Å². The lowest BCUT2D eigenvalue weighted by Gasteiger charge is -2.13. The van der Waals surface area contributed by atoms with Crippen molar-refractivity contribution in [3.63, 3.8) is 0 Å². The molecule has 2 aromatic heterocycles. The molecule has 192 valence electrons. The molecule has 0 aliphatic rings. The molecule has 0 radical (unpaired) electrons. The van der Waals surface area contributed by atoms with Gasteiger partial charge in [0.05, 0.1) is 21.3 Å². The molecule has 0 unspecified atom stereocenters. The summed E-state index contributed by atoms with van der Waals surface area (Å²) < 4.78 is 21.0. The van der Waals surface area contributed by atoms with Gasteiger partial charge in [0.2, 0.25) is 0 Å². The number of ether oxygens (including phenoxy) is 2. The van der Waals surface area contributed by atoms with Crippen LogP contribution in [-0.4, -0.2) is 22.8 Å². The van der Waals surface area contributed by atoms with Crippen molar-refractivity contribution >= 4 is 44.0 Å². The van der Waals surface area contributed by atoms with Gasteiger partial charge in [-0.25, -0.2) is 5.43 Å². The Morgan fingerprint density at radius 1 is 1.03 bits per heavy atom. The number of rotatable bonds is 9. The highest BCUT2D eigenvalue weighted by Crippen LogP contribution is 2.35. The molecule has 1 amide bonds. The fourth-order valence-corrected chi connectivity index (χ4v) is 5.13. The van der Waals surface area contributed by atoms with E-state index in [9.17, 15) is 4.79 Å². The van der Waals surface area contributed by atoms with E-state index in [-0.39, 0.29) is 18.5 Å². The Balaban J connectivity index is 1.31. The highest BCUT2D eigenvalue weighted by molar-refractivity contribution is 9.11. The first-order valence-corrected chi connectivity index (χ1v) is 13.3. The SMILES string of the molecule is Cc1ccc(C)n1-c1ccc(OCc2ccc(C(=O)N/N=C/c3cc(Br)c(OC(C)C)c(Br)c3)o2)cc1. The van der Waals surface area contributed by atoms with Crippen LogP contribution in [0.3, 0.4) is 0 Å². The molecule has 0 aliphatic heterocycles. The highest BCUT2D eigenvalue weighted by atomic mass is 79.9. The van der Waals surface area contributed by atoms with Gasteiger partial charge >= 0.3 is 5.91 Å².